The number of hydrogen-bond acceptors (Lipinski definition) is 0. The molecule has 0 aromatic rings. The Morgan fingerprint density at radius 2 is 0.643 bits per heavy atom. The van der Waals surface area contributed by atoms with E-state index in [9.17, 15) is 0 Å². The first-order valence-corrected chi connectivity index (χ1v) is 5.27. The summed E-state index contributed by atoms with van der Waals surface area (Å²) in [5.41, 5.74) is 0. The van der Waals surface area contributed by atoms with Gasteiger partial charge in [-0.05, 0) is 25.7 Å². The quantitative estimate of drug-likeness (QED) is 0.494. The SMILES string of the molecule is C1=C\C/C=C/C/C=C/C/C=C/C/C=C/1. The standard InChI is InChI=1S/C14H18/c1-2-4-6-8-10-12-14-13-11-9-7-5-3-1/h1-4,7-10,13-14H,5-6,11-12H2/b3-1-,4-2+,9-7+,10-8+,14-13+. The first kappa shape index (κ1) is 10.8. The van der Waals surface area contributed by atoms with Crippen LogP contribution >= 0.6 is 0 Å². The van der Waals surface area contributed by atoms with Crippen molar-refractivity contribution in [2.45, 2.75) is 25.7 Å². The third-order valence-corrected chi connectivity index (χ3v) is 1.97. The van der Waals surface area contributed by atoms with Crippen LogP contribution in [0.25, 0.3) is 0 Å². The van der Waals surface area contributed by atoms with E-state index < -0.39 is 0 Å². The van der Waals surface area contributed by atoms with Gasteiger partial charge < -0.3 is 0 Å². The van der Waals surface area contributed by atoms with Gasteiger partial charge in [-0.2, -0.15) is 0 Å². The van der Waals surface area contributed by atoms with E-state index in [-0.39, 0.29) is 0 Å². The Morgan fingerprint density at radius 1 is 0.357 bits per heavy atom. The molecule has 0 nitrogen and oxygen atoms in total. The molecule has 0 heterocycles. The molecule has 1 rings (SSSR count). The lowest BCUT2D eigenvalue weighted by molar-refractivity contribution is 1.26. The fourth-order valence-corrected chi connectivity index (χ4v) is 1.21. The van der Waals surface area contributed by atoms with Crippen molar-refractivity contribution in [2.24, 2.45) is 0 Å². The lowest BCUT2D eigenvalue weighted by Gasteiger charge is -1.86. The molecule has 0 spiro atoms. The maximum absolute atomic E-state index is 2.21. The third kappa shape index (κ3) is 6.24. The zero-order valence-corrected chi connectivity index (χ0v) is 8.60. The Labute approximate surface area is 87.0 Å². The van der Waals surface area contributed by atoms with Crippen LogP contribution in [0.5, 0.6) is 0 Å². The summed E-state index contributed by atoms with van der Waals surface area (Å²) in [6, 6.07) is 0. The van der Waals surface area contributed by atoms with Crippen molar-refractivity contribution in [3.63, 3.8) is 0 Å². The third-order valence-electron chi connectivity index (χ3n) is 1.97. The van der Waals surface area contributed by atoms with Gasteiger partial charge in [0.25, 0.3) is 0 Å². The molecule has 0 atom stereocenters. The highest BCUT2D eigenvalue weighted by molar-refractivity contribution is 5.08. The second-order valence-corrected chi connectivity index (χ2v) is 3.21. The molecule has 0 aromatic carbocycles. The first-order valence-electron chi connectivity index (χ1n) is 5.27. The highest BCUT2D eigenvalue weighted by Crippen LogP contribution is 1.96. The minimum absolute atomic E-state index is 1.04. The Morgan fingerprint density at radius 3 is 1.00 bits per heavy atom. The average Bonchev–Trinajstić information content (AvgIpc) is 2.22. The Hall–Kier alpha value is -1.30. The Balaban J connectivity index is 2.45. The average molecular weight is 186 g/mol. The molecule has 14 heavy (non-hydrogen) atoms. The highest BCUT2D eigenvalue weighted by atomic mass is 13.8. The van der Waals surface area contributed by atoms with E-state index >= 15 is 0 Å². The monoisotopic (exact) mass is 186 g/mol. The molecule has 1 aliphatic carbocycles. The van der Waals surface area contributed by atoms with Gasteiger partial charge in [0.2, 0.25) is 0 Å². The molecule has 0 radical (unpaired) electrons. The van der Waals surface area contributed by atoms with Crippen LogP contribution in [0.4, 0.5) is 0 Å². The molecule has 0 heteroatoms. The largest absolute Gasteiger partial charge is 0.0844 e. The van der Waals surface area contributed by atoms with Crippen LogP contribution in [-0.4, -0.2) is 0 Å². The fourth-order valence-electron chi connectivity index (χ4n) is 1.21. The van der Waals surface area contributed by atoms with Gasteiger partial charge in [-0.25, -0.2) is 0 Å². The van der Waals surface area contributed by atoms with Crippen LogP contribution in [0.2, 0.25) is 0 Å². The van der Waals surface area contributed by atoms with Gasteiger partial charge in [0, 0.05) is 0 Å². The smallest absolute Gasteiger partial charge is 0.0166 e. The van der Waals surface area contributed by atoms with Crippen molar-refractivity contribution in [1.29, 1.82) is 0 Å². The van der Waals surface area contributed by atoms with Crippen molar-refractivity contribution in [3.05, 3.63) is 60.8 Å². The summed E-state index contributed by atoms with van der Waals surface area (Å²) < 4.78 is 0. The summed E-state index contributed by atoms with van der Waals surface area (Å²) >= 11 is 0. The minimum Gasteiger partial charge on any atom is -0.0844 e. The fraction of sp³-hybridized carbons (Fsp3) is 0.286. The number of rotatable bonds is 0. The van der Waals surface area contributed by atoms with Gasteiger partial charge in [0.1, 0.15) is 0 Å². The zero-order valence-electron chi connectivity index (χ0n) is 8.60. The molecule has 0 aromatic heterocycles. The summed E-state index contributed by atoms with van der Waals surface area (Å²) in [4.78, 5) is 0. The highest BCUT2D eigenvalue weighted by Gasteiger charge is 1.75. The second kappa shape index (κ2) is 8.31. The van der Waals surface area contributed by atoms with Gasteiger partial charge in [-0.15, -0.1) is 0 Å². The molecule has 0 amide bonds. The summed E-state index contributed by atoms with van der Waals surface area (Å²) in [5, 5.41) is 0. The first-order chi connectivity index (χ1) is 7.00. The lowest BCUT2D eigenvalue weighted by atomic mass is 10.2. The van der Waals surface area contributed by atoms with E-state index in [1.54, 1.807) is 0 Å². The second-order valence-electron chi connectivity index (χ2n) is 3.21. The maximum Gasteiger partial charge on any atom is -0.0166 e. The Kier molecular flexibility index (Phi) is 6.39. The summed E-state index contributed by atoms with van der Waals surface area (Å²) in [6.45, 7) is 0. The van der Waals surface area contributed by atoms with Crippen LogP contribution in [0.1, 0.15) is 25.7 Å². The topological polar surface area (TPSA) is 0 Å². The number of allylic oxidation sites excluding steroid dienone is 10. The van der Waals surface area contributed by atoms with Crippen molar-refractivity contribution >= 4 is 0 Å². The van der Waals surface area contributed by atoms with Gasteiger partial charge >= 0.3 is 0 Å². The maximum atomic E-state index is 2.21. The lowest BCUT2D eigenvalue weighted by Crippen LogP contribution is -1.65. The van der Waals surface area contributed by atoms with Crippen LogP contribution in [0.15, 0.2) is 60.8 Å². The van der Waals surface area contributed by atoms with Crippen LogP contribution in [0, 0.1) is 0 Å². The summed E-state index contributed by atoms with van der Waals surface area (Å²) in [5.74, 6) is 0. The number of hydrogen-bond donors (Lipinski definition) is 0. The van der Waals surface area contributed by atoms with Gasteiger partial charge in [-0.3, -0.25) is 0 Å². The van der Waals surface area contributed by atoms with Crippen molar-refractivity contribution in [3.8, 4) is 0 Å². The summed E-state index contributed by atoms with van der Waals surface area (Å²) in [7, 11) is 0. The van der Waals surface area contributed by atoms with Gasteiger partial charge in [0.15, 0.2) is 0 Å². The van der Waals surface area contributed by atoms with Crippen LogP contribution < -0.4 is 0 Å². The molecule has 0 N–H and O–H groups in total. The molecular weight excluding hydrogens is 168 g/mol. The Bertz CT molecular complexity index is 234. The van der Waals surface area contributed by atoms with Gasteiger partial charge in [0.05, 0.1) is 0 Å². The molecule has 0 unspecified atom stereocenters. The molecule has 0 saturated carbocycles. The molecule has 0 bridgehead atoms. The molecule has 74 valence electrons. The zero-order chi connectivity index (χ0) is 9.90. The van der Waals surface area contributed by atoms with E-state index in [0.29, 0.717) is 0 Å². The molecular formula is C14H18. The van der Waals surface area contributed by atoms with E-state index in [2.05, 4.69) is 60.8 Å². The summed E-state index contributed by atoms with van der Waals surface area (Å²) in [6.07, 6.45) is 26.0. The van der Waals surface area contributed by atoms with E-state index in [1.165, 1.54) is 0 Å². The minimum atomic E-state index is 1.04. The predicted molar refractivity (Wildman–Crippen MR) is 64.2 cm³/mol. The molecule has 0 fully saturated rings. The predicted octanol–water partition coefficient (Wildman–Crippen LogP) is 4.34. The van der Waals surface area contributed by atoms with Crippen molar-refractivity contribution in [2.75, 3.05) is 0 Å². The van der Waals surface area contributed by atoms with E-state index in [1.807, 2.05) is 0 Å². The van der Waals surface area contributed by atoms with E-state index in [0.717, 1.165) is 25.7 Å². The van der Waals surface area contributed by atoms with Crippen molar-refractivity contribution < 1.29 is 0 Å². The van der Waals surface area contributed by atoms with Crippen LogP contribution in [0.3, 0.4) is 0 Å². The molecule has 0 aliphatic heterocycles. The van der Waals surface area contributed by atoms with Gasteiger partial charge in [-0.1, -0.05) is 60.8 Å². The molecule has 1 aliphatic rings. The van der Waals surface area contributed by atoms with E-state index in [4.69, 9.17) is 0 Å². The molecule has 0 saturated heterocycles. The van der Waals surface area contributed by atoms with Crippen molar-refractivity contribution in [1.82, 2.24) is 0 Å². The van der Waals surface area contributed by atoms with Crippen LogP contribution in [-0.2, 0) is 0 Å². The normalized spacial score (nSPS) is 29.7.